The molecule has 112 valence electrons. The Morgan fingerprint density at radius 2 is 2.10 bits per heavy atom. The first kappa shape index (κ1) is 16.1. The largest absolute Gasteiger partial charge is 0.320 e. The number of halogens is 2. The first-order valence-corrected chi connectivity index (χ1v) is 8.24. The van der Waals surface area contributed by atoms with E-state index in [0.29, 0.717) is 22.1 Å². The summed E-state index contributed by atoms with van der Waals surface area (Å²) in [7, 11) is 2.02. The highest BCUT2D eigenvalue weighted by atomic mass is 35.5. The Labute approximate surface area is 132 Å². The molecule has 2 unspecified atom stereocenters. The monoisotopic (exact) mass is 314 g/mol. The second kappa shape index (κ2) is 7.65. The fourth-order valence-corrected chi connectivity index (χ4v) is 3.42. The van der Waals surface area contributed by atoms with E-state index in [1.165, 1.54) is 37.8 Å². The minimum Gasteiger partial charge on any atom is -0.320 e. The molecule has 0 aliphatic carbocycles. The van der Waals surface area contributed by atoms with Gasteiger partial charge in [-0.25, -0.2) is 0 Å². The summed E-state index contributed by atoms with van der Waals surface area (Å²) in [6, 6.07) is 7.08. The van der Waals surface area contributed by atoms with Crippen molar-refractivity contribution in [2.75, 3.05) is 20.1 Å². The number of rotatable bonds is 5. The topological polar surface area (TPSA) is 15.3 Å². The molecule has 1 aromatic rings. The quantitative estimate of drug-likeness (QED) is 0.859. The Morgan fingerprint density at radius 3 is 2.80 bits per heavy atom. The predicted molar refractivity (Wildman–Crippen MR) is 87.8 cm³/mol. The van der Waals surface area contributed by atoms with E-state index in [4.69, 9.17) is 23.2 Å². The number of nitrogens with zero attached hydrogens (tertiary/aromatic N) is 1. The van der Waals surface area contributed by atoms with E-state index < -0.39 is 0 Å². The molecule has 0 amide bonds. The Hall–Kier alpha value is -0.280. The molecular formula is C16H24Cl2N2. The second-order valence-corrected chi connectivity index (χ2v) is 6.44. The second-order valence-electron chi connectivity index (χ2n) is 5.63. The summed E-state index contributed by atoms with van der Waals surface area (Å²) in [4.78, 5) is 2.63. The molecule has 1 N–H and O–H groups in total. The molecule has 0 radical (unpaired) electrons. The molecular weight excluding hydrogens is 291 g/mol. The smallest absolute Gasteiger partial charge is 0.0595 e. The summed E-state index contributed by atoms with van der Waals surface area (Å²) < 4.78 is 0. The minimum absolute atomic E-state index is 0.395. The molecule has 1 fully saturated rings. The first-order chi connectivity index (χ1) is 9.63. The van der Waals surface area contributed by atoms with Gasteiger partial charge in [0.1, 0.15) is 0 Å². The average molecular weight is 315 g/mol. The molecule has 20 heavy (non-hydrogen) atoms. The van der Waals surface area contributed by atoms with Crippen molar-refractivity contribution in [2.45, 2.75) is 44.7 Å². The highest BCUT2D eigenvalue weighted by Crippen LogP contribution is 2.32. The summed E-state index contributed by atoms with van der Waals surface area (Å²) in [6.07, 6.45) is 5.15. The van der Waals surface area contributed by atoms with Gasteiger partial charge in [0, 0.05) is 12.1 Å². The zero-order valence-corrected chi connectivity index (χ0v) is 13.8. The van der Waals surface area contributed by atoms with E-state index in [1.54, 1.807) is 0 Å². The lowest BCUT2D eigenvalue weighted by molar-refractivity contribution is 0.0972. The van der Waals surface area contributed by atoms with E-state index in [1.807, 2.05) is 19.2 Å². The van der Waals surface area contributed by atoms with Crippen molar-refractivity contribution in [3.63, 3.8) is 0 Å². The van der Waals surface area contributed by atoms with Crippen molar-refractivity contribution in [3.05, 3.63) is 33.8 Å². The molecule has 1 aliphatic rings. The van der Waals surface area contributed by atoms with Crippen LogP contribution in [0.15, 0.2) is 18.2 Å². The van der Waals surface area contributed by atoms with E-state index >= 15 is 0 Å². The van der Waals surface area contributed by atoms with Gasteiger partial charge in [0.05, 0.1) is 10.0 Å². The van der Waals surface area contributed by atoms with Crippen molar-refractivity contribution in [1.82, 2.24) is 10.2 Å². The number of hydrogen-bond donors (Lipinski definition) is 1. The van der Waals surface area contributed by atoms with Gasteiger partial charge in [-0.2, -0.15) is 0 Å². The average Bonchev–Trinajstić information content (AvgIpc) is 2.47. The van der Waals surface area contributed by atoms with Crippen molar-refractivity contribution >= 4 is 23.2 Å². The van der Waals surface area contributed by atoms with Crippen molar-refractivity contribution < 1.29 is 0 Å². The van der Waals surface area contributed by atoms with Crippen LogP contribution in [0.5, 0.6) is 0 Å². The van der Waals surface area contributed by atoms with Gasteiger partial charge in [-0.15, -0.1) is 0 Å². The summed E-state index contributed by atoms with van der Waals surface area (Å²) in [5.74, 6) is 0. The summed E-state index contributed by atoms with van der Waals surface area (Å²) in [5.41, 5.74) is 1.26. The molecule has 1 aliphatic heterocycles. The van der Waals surface area contributed by atoms with E-state index in [0.717, 1.165) is 6.54 Å². The van der Waals surface area contributed by atoms with Crippen molar-refractivity contribution in [2.24, 2.45) is 0 Å². The number of likely N-dealkylation sites (tertiary alicyclic amines) is 1. The minimum atomic E-state index is 0.395. The van der Waals surface area contributed by atoms with E-state index in [-0.39, 0.29) is 0 Å². The molecule has 0 spiro atoms. The van der Waals surface area contributed by atoms with Crippen molar-refractivity contribution in [3.8, 4) is 0 Å². The number of nitrogens with one attached hydrogen (secondary N) is 1. The molecule has 0 bridgehead atoms. The lowest BCUT2D eigenvalue weighted by Gasteiger charge is -2.40. The highest BCUT2D eigenvalue weighted by molar-refractivity contribution is 6.42. The first-order valence-electron chi connectivity index (χ1n) is 7.48. The summed E-state index contributed by atoms with van der Waals surface area (Å²) in [5, 5.41) is 4.55. The van der Waals surface area contributed by atoms with Gasteiger partial charge in [0.2, 0.25) is 0 Å². The van der Waals surface area contributed by atoms with Gasteiger partial charge < -0.3 is 5.32 Å². The Balaban J connectivity index is 2.11. The predicted octanol–water partition coefficient (Wildman–Crippen LogP) is 4.52. The number of benzene rings is 1. The molecule has 0 saturated carbocycles. The zero-order valence-electron chi connectivity index (χ0n) is 12.3. The molecule has 1 heterocycles. The third-order valence-corrected chi connectivity index (χ3v) is 5.06. The van der Waals surface area contributed by atoms with Crippen LogP contribution < -0.4 is 5.32 Å². The fourth-order valence-electron chi connectivity index (χ4n) is 3.12. The van der Waals surface area contributed by atoms with Gasteiger partial charge in [0.15, 0.2) is 0 Å². The lowest BCUT2D eigenvalue weighted by Crippen LogP contribution is -2.42. The van der Waals surface area contributed by atoms with Crippen LogP contribution in [0.4, 0.5) is 0 Å². The van der Waals surface area contributed by atoms with Crippen LogP contribution in [0.25, 0.3) is 0 Å². The maximum atomic E-state index is 6.16. The lowest BCUT2D eigenvalue weighted by atomic mass is 9.95. The van der Waals surface area contributed by atoms with Crippen LogP contribution in [-0.4, -0.2) is 31.1 Å². The third kappa shape index (κ3) is 3.88. The number of hydrogen-bond acceptors (Lipinski definition) is 2. The highest BCUT2D eigenvalue weighted by Gasteiger charge is 2.27. The SMILES string of the molecule is CNCCC1CCCCN1C(C)c1ccc(Cl)c(Cl)c1. The maximum Gasteiger partial charge on any atom is 0.0595 e. The van der Waals surface area contributed by atoms with E-state index in [2.05, 4.69) is 23.2 Å². The zero-order chi connectivity index (χ0) is 14.5. The molecule has 2 atom stereocenters. The normalized spacial score (nSPS) is 21.9. The molecule has 2 nitrogen and oxygen atoms in total. The van der Waals surface area contributed by atoms with Crippen LogP contribution in [0, 0.1) is 0 Å². The summed E-state index contributed by atoms with van der Waals surface area (Å²) in [6.45, 7) is 4.53. The molecule has 4 heteroatoms. The fraction of sp³-hybridized carbons (Fsp3) is 0.625. The Kier molecular flexibility index (Phi) is 6.16. The molecule has 1 aromatic carbocycles. The molecule has 2 rings (SSSR count). The number of piperidine rings is 1. The Morgan fingerprint density at radius 1 is 1.30 bits per heavy atom. The molecule has 1 saturated heterocycles. The van der Waals surface area contributed by atoms with Gasteiger partial charge in [0.25, 0.3) is 0 Å². The summed E-state index contributed by atoms with van der Waals surface area (Å²) >= 11 is 12.2. The maximum absolute atomic E-state index is 6.16. The van der Waals surface area contributed by atoms with Crippen LogP contribution in [0.3, 0.4) is 0 Å². The standard InChI is InChI=1S/C16H24Cl2N2/c1-12(13-6-7-15(17)16(18)11-13)20-10-4-3-5-14(20)8-9-19-2/h6-7,11-12,14,19H,3-5,8-10H2,1-2H3. The van der Waals surface area contributed by atoms with Crippen molar-refractivity contribution in [1.29, 1.82) is 0 Å². The van der Waals surface area contributed by atoms with Crippen LogP contribution in [0.1, 0.15) is 44.2 Å². The van der Waals surface area contributed by atoms with Gasteiger partial charge in [-0.3, -0.25) is 4.90 Å². The van der Waals surface area contributed by atoms with E-state index in [9.17, 15) is 0 Å². The van der Waals surface area contributed by atoms with Gasteiger partial charge in [-0.1, -0.05) is 35.7 Å². The van der Waals surface area contributed by atoms with Crippen LogP contribution in [0.2, 0.25) is 10.0 Å². The van der Waals surface area contributed by atoms with Gasteiger partial charge in [-0.05, 0) is 64.0 Å². The van der Waals surface area contributed by atoms with Gasteiger partial charge >= 0.3 is 0 Å². The third-order valence-electron chi connectivity index (χ3n) is 4.32. The Bertz CT molecular complexity index is 436. The molecule has 0 aromatic heterocycles. The van der Waals surface area contributed by atoms with Crippen LogP contribution in [-0.2, 0) is 0 Å². The van der Waals surface area contributed by atoms with Crippen LogP contribution >= 0.6 is 23.2 Å².